The van der Waals surface area contributed by atoms with Gasteiger partial charge in [0.15, 0.2) is 0 Å². The van der Waals surface area contributed by atoms with Crippen LogP contribution in [0.15, 0.2) is 0 Å². The predicted molar refractivity (Wildman–Crippen MR) is 65.8 cm³/mol. The third-order valence-corrected chi connectivity index (χ3v) is 3.70. The molecule has 1 rings (SSSR count). The van der Waals surface area contributed by atoms with E-state index in [1.165, 1.54) is 32.1 Å². The fourth-order valence-electron chi connectivity index (χ4n) is 2.50. The second kappa shape index (κ2) is 6.52. The van der Waals surface area contributed by atoms with Crippen molar-refractivity contribution >= 4 is 0 Å². The van der Waals surface area contributed by atoms with E-state index in [0.717, 1.165) is 30.6 Å². The van der Waals surface area contributed by atoms with Gasteiger partial charge in [-0.25, -0.2) is 0 Å². The largest absolute Gasteiger partial charge is 0.393 e. The lowest BCUT2D eigenvalue weighted by Gasteiger charge is -2.18. The van der Waals surface area contributed by atoms with Crippen molar-refractivity contribution in [3.05, 3.63) is 0 Å². The maximum Gasteiger partial charge on any atom is 0.0537 e. The molecule has 0 aromatic carbocycles. The molecule has 1 aliphatic carbocycles. The SMILES string of the molecule is CCC(O)CCC(C)CC(C)CC1CC1. The first-order chi connectivity index (χ1) is 7.11. The Bertz CT molecular complexity index is 163. The number of hydrogen-bond acceptors (Lipinski definition) is 1. The summed E-state index contributed by atoms with van der Waals surface area (Å²) in [7, 11) is 0. The van der Waals surface area contributed by atoms with Gasteiger partial charge in [-0.1, -0.05) is 33.6 Å². The highest BCUT2D eigenvalue weighted by atomic mass is 16.3. The standard InChI is InChI=1S/C14H28O/c1-4-14(15)8-5-11(2)9-12(3)10-13-6-7-13/h11-15H,4-10H2,1-3H3. The van der Waals surface area contributed by atoms with Gasteiger partial charge in [0.05, 0.1) is 6.10 Å². The Morgan fingerprint density at radius 2 is 1.80 bits per heavy atom. The van der Waals surface area contributed by atoms with Crippen molar-refractivity contribution in [1.82, 2.24) is 0 Å². The first-order valence-electron chi connectivity index (χ1n) is 6.79. The number of hydrogen-bond donors (Lipinski definition) is 1. The van der Waals surface area contributed by atoms with Crippen LogP contribution in [-0.2, 0) is 0 Å². The first-order valence-corrected chi connectivity index (χ1v) is 6.79. The van der Waals surface area contributed by atoms with E-state index < -0.39 is 0 Å². The van der Waals surface area contributed by atoms with Gasteiger partial charge in [0.2, 0.25) is 0 Å². The lowest BCUT2D eigenvalue weighted by Crippen LogP contribution is -2.09. The van der Waals surface area contributed by atoms with Crippen LogP contribution in [0.25, 0.3) is 0 Å². The highest BCUT2D eigenvalue weighted by molar-refractivity contribution is 4.76. The molecule has 3 unspecified atom stereocenters. The Labute approximate surface area is 95.3 Å². The van der Waals surface area contributed by atoms with E-state index in [1.54, 1.807) is 0 Å². The fraction of sp³-hybridized carbons (Fsp3) is 1.00. The molecule has 0 saturated heterocycles. The summed E-state index contributed by atoms with van der Waals surface area (Å²) in [5.74, 6) is 2.75. The zero-order valence-corrected chi connectivity index (χ0v) is 10.7. The normalized spacial score (nSPS) is 22.4. The van der Waals surface area contributed by atoms with Crippen LogP contribution in [-0.4, -0.2) is 11.2 Å². The first kappa shape index (κ1) is 13.0. The van der Waals surface area contributed by atoms with Crippen LogP contribution in [0.1, 0.15) is 65.7 Å². The van der Waals surface area contributed by atoms with Crippen LogP contribution in [0, 0.1) is 17.8 Å². The number of aliphatic hydroxyl groups excluding tert-OH is 1. The van der Waals surface area contributed by atoms with Crippen LogP contribution in [0.4, 0.5) is 0 Å². The third-order valence-electron chi connectivity index (χ3n) is 3.70. The molecule has 1 N–H and O–H groups in total. The van der Waals surface area contributed by atoms with E-state index in [4.69, 9.17) is 0 Å². The second-order valence-corrected chi connectivity index (χ2v) is 5.76. The minimum atomic E-state index is -0.0637. The molecule has 90 valence electrons. The lowest BCUT2D eigenvalue weighted by molar-refractivity contribution is 0.149. The average Bonchev–Trinajstić information content (AvgIpc) is 2.97. The van der Waals surface area contributed by atoms with Gasteiger partial charge in [-0.2, -0.15) is 0 Å². The molecule has 1 heteroatoms. The molecule has 0 aromatic rings. The summed E-state index contributed by atoms with van der Waals surface area (Å²) in [6.07, 6.45) is 8.79. The van der Waals surface area contributed by atoms with Gasteiger partial charge in [0.25, 0.3) is 0 Å². The summed E-state index contributed by atoms with van der Waals surface area (Å²) in [5.41, 5.74) is 0. The molecule has 1 nitrogen and oxygen atoms in total. The molecule has 0 heterocycles. The van der Waals surface area contributed by atoms with Gasteiger partial charge >= 0.3 is 0 Å². The molecular weight excluding hydrogens is 184 g/mol. The fourth-order valence-corrected chi connectivity index (χ4v) is 2.50. The van der Waals surface area contributed by atoms with Crippen LogP contribution in [0.3, 0.4) is 0 Å². The van der Waals surface area contributed by atoms with E-state index >= 15 is 0 Å². The van der Waals surface area contributed by atoms with E-state index in [2.05, 4.69) is 20.8 Å². The Hall–Kier alpha value is -0.0400. The van der Waals surface area contributed by atoms with Crippen LogP contribution in [0.2, 0.25) is 0 Å². The Morgan fingerprint density at radius 1 is 1.13 bits per heavy atom. The van der Waals surface area contributed by atoms with Gasteiger partial charge in [0, 0.05) is 0 Å². The predicted octanol–water partition coefficient (Wildman–Crippen LogP) is 4.00. The summed E-state index contributed by atoms with van der Waals surface area (Å²) in [6, 6.07) is 0. The van der Waals surface area contributed by atoms with E-state index in [9.17, 15) is 5.11 Å². The van der Waals surface area contributed by atoms with Crippen LogP contribution >= 0.6 is 0 Å². The quantitative estimate of drug-likeness (QED) is 0.645. The third kappa shape index (κ3) is 6.19. The van der Waals surface area contributed by atoms with E-state index in [-0.39, 0.29) is 6.10 Å². The van der Waals surface area contributed by atoms with Gasteiger partial charge in [-0.15, -0.1) is 0 Å². The molecule has 0 aliphatic heterocycles. The van der Waals surface area contributed by atoms with Gasteiger partial charge < -0.3 is 5.11 Å². The van der Waals surface area contributed by atoms with Crippen molar-refractivity contribution in [2.24, 2.45) is 17.8 Å². The molecule has 3 atom stereocenters. The second-order valence-electron chi connectivity index (χ2n) is 5.76. The monoisotopic (exact) mass is 212 g/mol. The zero-order valence-electron chi connectivity index (χ0n) is 10.7. The topological polar surface area (TPSA) is 20.2 Å². The highest BCUT2D eigenvalue weighted by Crippen LogP contribution is 2.37. The van der Waals surface area contributed by atoms with Gasteiger partial charge in [-0.3, -0.25) is 0 Å². The Balaban J connectivity index is 2.02. The summed E-state index contributed by atoms with van der Waals surface area (Å²) < 4.78 is 0. The Kier molecular flexibility index (Phi) is 5.66. The minimum Gasteiger partial charge on any atom is -0.393 e. The van der Waals surface area contributed by atoms with Crippen molar-refractivity contribution in [1.29, 1.82) is 0 Å². The van der Waals surface area contributed by atoms with E-state index in [1.807, 2.05) is 0 Å². The van der Waals surface area contributed by atoms with Crippen molar-refractivity contribution in [3.63, 3.8) is 0 Å². The average molecular weight is 212 g/mol. The molecule has 1 aliphatic rings. The van der Waals surface area contributed by atoms with Gasteiger partial charge in [0.1, 0.15) is 0 Å². The van der Waals surface area contributed by atoms with Crippen molar-refractivity contribution < 1.29 is 5.11 Å². The molecule has 0 spiro atoms. The molecule has 1 fully saturated rings. The van der Waals surface area contributed by atoms with Gasteiger partial charge in [-0.05, 0) is 49.9 Å². The maximum absolute atomic E-state index is 9.50. The smallest absolute Gasteiger partial charge is 0.0537 e. The van der Waals surface area contributed by atoms with Crippen LogP contribution in [0.5, 0.6) is 0 Å². The molecule has 0 aromatic heterocycles. The van der Waals surface area contributed by atoms with Crippen molar-refractivity contribution in [2.45, 2.75) is 71.8 Å². The molecule has 0 bridgehead atoms. The summed E-state index contributed by atoms with van der Waals surface area (Å²) >= 11 is 0. The van der Waals surface area contributed by atoms with Crippen molar-refractivity contribution in [3.8, 4) is 0 Å². The summed E-state index contributed by atoms with van der Waals surface area (Å²) in [6.45, 7) is 6.79. The minimum absolute atomic E-state index is 0.0637. The number of aliphatic hydroxyl groups is 1. The molecule has 15 heavy (non-hydrogen) atoms. The summed E-state index contributed by atoms with van der Waals surface area (Å²) in [4.78, 5) is 0. The van der Waals surface area contributed by atoms with Crippen LogP contribution < -0.4 is 0 Å². The molecule has 0 amide bonds. The number of rotatable bonds is 8. The molecule has 0 radical (unpaired) electrons. The summed E-state index contributed by atoms with van der Waals surface area (Å²) in [5, 5.41) is 9.50. The molecule has 1 saturated carbocycles. The lowest BCUT2D eigenvalue weighted by atomic mass is 9.89. The molecular formula is C14H28O. The van der Waals surface area contributed by atoms with E-state index in [0.29, 0.717) is 0 Å². The zero-order chi connectivity index (χ0) is 11.3. The maximum atomic E-state index is 9.50. The highest BCUT2D eigenvalue weighted by Gasteiger charge is 2.24. The van der Waals surface area contributed by atoms with Crippen molar-refractivity contribution in [2.75, 3.05) is 0 Å². The Morgan fingerprint density at radius 3 is 2.33 bits per heavy atom.